The zero-order chi connectivity index (χ0) is 10.8. The maximum absolute atomic E-state index is 10.7. The second-order valence-corrected chi connectivity index (χ2v) is 2.85. The van der Waals surface area contributed by atoms with Gasteiger partial charge in [0.25, 0.3) is 0 Å². The maximum Gasteiger partial charge on any atom is 0.309 e. The second-order valence-electron chi connectivity index (χ2n) is 2.85. The number of rotatable bonds is 1. The van der Waals surface area contributed by atoms with Gasteiger partial charge in [0, 0.05) is 19.1 Å². The molecule has 0 amide bonds. The van der Waals surface area contributed by atoms with E-state index in [9.17, 15) is 4.79 Å². The van der Waals surface area contributed by atoms with Gasteiger partial charge < -0.3 is 9.15 Å². The molecule has 0 bridgehead atoms. The van der Waals surface area contributed by atoms with Crippen LogP contribution in [0.4, 0.5) is 0 Å². The normalized spacial score (nSPS) is 9.87. The number of carbonyl (C=O) groups is 1. The summed E-state index contributed by atoms with van der Waals surface area (Å²) in [6.07, 6.45) is 0. The summed E-state index contributed by atoms with van der Waals surface area (Å²) in [5, 5.41) is 8.60. The third kappa shape index (κ3) is 1.79. The molecule has 0 fully saturated rings. The fourth-order valence-electron chi connectivity index (χ4n) is 1.16. The van der Waals surface area contributed by atoms with Gasteiger partial charge in [-0.1, -0.05) is 0 Å². The first-order chi connectivity index (χ1) is 7.19. The fourth-order valence-corrected chi connectivity index (χ4v) is 1.16. The topological polar surface area (TPSA) is 76.1 Å². The van der Waals surface area contributed by atoms with Crippen LogP contribution in [0.2, 0.25) is 0 Å². The molecule has 15 heavy (non-hydrogen) atoms. The molecular formula is C10H6N2O3. The number of pyridine rings is 1. The van der Waals surface area contributed by atoms with Gasteiger partial charge in [0.05, 0.1) is 0 Å². The SMILES string of the molecule is CC(=O)Oc1ccc2oc(C#N)cc2n1. The molecule has 0 unspecified atom stereocenters. The Hall–Kier alpha value is -2.35. The molecule has 0 radical (unpaired) electrons. The number of nitriles is 1. The van der Waals surface area contributed by atoms with E-state index >= 15 is 0 Å². The largest absolute Gasteiger partial charge is 0.444 e. The van der Waals surface area contributed by atoms with Crippen molar-refractivity contribution < 1.29 is 13.9 Å². The van der Waals surface area contributed by atoms with Crippen LogP contribution in [0.5, 0.6) is 5.88 Å². The molecule has 0 saturated heterocycles. The van der Waals surface area contributed by atoms with Crippen molar-refractivity contribution in [2.24, 2.45) is 0 Å². The minimum absolute atomic E-state index is 0.178. The molecule has 74 valence electrons. The van der Waals surface area contributed by atoms with Crippen LogP contribution < -0.4 is 4.74 Å². The van der Waals surface area contributed by atoms with Gasteiger partial charge in [-0.3, -0.25) is 4.79 Å². The highest BCUT2D eigenvalue weighted by Gasteiger charge is 2.06. The van der Waals surface area contributed by atoms with Gasteiger partial charge in [-0.25, -0.2) is 4.98 Å². The minimum Gasteiger partial charge on any atom is -0.444 e. The monoisotopic (exact) mass is 202 g/mol. The Balaban J connectivity index is 2.47. The van der Waals surface area contributed by atoms with Gasteiger partial charge in [0.1, 0.15) is 11.6 Å². The summed E-state index contributed by atoms with van der Waals surface area (Å²) in [4.78, 5) is 14.7. The van der Waals surface area contributed by atoms with E-state index in [2.05, 4.69) is 4.98 Å². The lowest BCUT2D eigenvalue weighted by Gasteiger charge is -1.97. The van der Waals surface area contributed by atoms with E-state index in [1.165, 1.54) is 19.1 Å². The minimum atomic E-state index is -0.439. The Kier molecular flexibility index (Phi) is 2.10. The molecule has 5 heteroatoms. The van der Waals surface area contributed by atoms with Crippen molar-refractivity contribution in [2.75, 3.05) is 0 Å². The summed E-state index contributed by atoms with van der Waals surface area (Å²) in [7, 11) is 0. The number of esters is 1. The van der Waals surface area contributed by atoms with Crippen LogP contribution in [-0.2, 0) is 4.79 Å². The van der Waals surface area contributed by atoms with Gasteiger partial charge in [-0.05, 0) is 6.07 Å². The Bertz CT molecular complexity index is 566. The van der Waals surface area contributed by atoms with Crippen molar-refractivity contribution in [1.82, 2.24) is 4.98 Å². The second kappa shape index (κ2) is 3.42. The number of aromatic nitrogens is 1. The lowest BCUT2D eigenvalue weighted by Crippen LogP contribution is -2.02. The molecule has 2 aromatic heterocycles. The van der Waals surface area contributed by atoms with Gasteiger partial charge in [0.15, 0.2) is 5.58 Å². The van der Waals surface area contributed by atoms with Crippen LogP contribution in [0.25, 0.3) is 11.1 Å². The predicted octanol–water partition coefficient (Wildman–Crippen LogP) is 1.62. The molecule has 0 atom stereocenters. The van der Waals surface area contributed by atoms with Crippen molar-refractivity contribution in [2.45, 2.75) is 6.92 Å². The number of carbonyl (C=O) groups excluding carboxylic acids is 1. The van der Waals surface area contributed by atoms with E-state index in [1.807, 2.05) is 6.07 Å². The predicted molar refractivity (Wildman–Crippen MR) is 50.0 cm³/mol. The molecule has 2 aromatic rings. The Labute approximate surface area is 84.9 Å². The summed E-state index contributed by atoms with van der Waals surface area (Å²) in [6.45, 7) is 1.29. The van der Waals surface area contributed by atoms with Crippen molar-refractivity contribution in [3.8, 4) is 11.9 Å². The molecule has 0 N–H and O–H groups in total. The summed E-state index contributed by atoms with van der Waals surface area (Å²) in [5.41, 5.74) is 0.979. The molecule has 5 nitrogen and oxygen atoms in total. The van der Waals surface area contributed by atoms with Crippen LogP contribution in [-0.4, -0.2) is 11.0 Å². The van der Waals surface area contributed by atoms with Crippen molar-refractivity contribution in [3.63, 3.8) is 0 Å². The van der Waals surface area contributed by atoms with Crippen LogP contribution in [0, 0.1) is 11.3 Å². The van der Waals surface area contributed by atoms with Crippen LogP contribution >= 0.6 is 0 Å². The van der Waals surface area contributed by atoms with Crippen molar-refractivity contribution in [1.29, 1.82) is 5.26 Å². The van der Waals surface area contributed by atoms with Gasteiger partial charge in [-0.2, -0.15) is 5.26 Å². The average molecular weight is 202 g/mol. The highest BCUT2D eigenvalue weighted by Crippen LogP contribution is 2.20. The van der Waals surface area contributed by atoms with Crippen LogP contribution in [0.1, 0.15) is 12.7 Å². The van der Waals surface area contributed by atoms with Crippen molar-refractivity contribution in [3.05, 3.63) is 24.0 Å². The average Bonchev–Trinajstić information content (AvgIpc) is 2.58. The molecule has 2 heterocycles. The highest BCUT2D eigenvalue weighted by molar-refractivity contribution is 5.76. The summed E-state index contributed by atoms with van der Waals surface area (Å²) < 4.78 is 9.90. The zero-order valence-electron chi connectivity index (χ0n) is 7.85. The summed E-state index contributed by atoms with van der Waals surface area (Å²) >= 11 is 0. The third-order valence-electron chi connectivity index (χ3n) is 1.71. The van der Waals surface area contributed by atoms with E-state index in [0.717, 1.165) is 0 Å². The number of hydrogen-bond acceptors (Lipinski definition) is 5. The third-order valence-corrected chi connectivity index (χ3v) is 1.71. The van der Waals surface area contributed by atoms with E-state index < -0.39 is 5.97 Å². The molecule has 0 saturated carbocycles. The first kappa shape index (κ1) is 9.21. The van der Waals surface area contributed by atoms with Gasteiger partial charge in [0.2, 0.25) is 11.6 Å². The van der Waals surface area contributed by atoms with Crippen LogP contribution in [0.15, 0.2) is 22.6 Å². The molecule has 0 aliphatic heterocycles. The summed E-state index contributed by atoms with van der Waals surface area (Å²) in [6, 6.07) is 6.46. The summed E-state index contributed by atoms with van der Waals surface area (Å²) in [5.74, 6) is -0.0661. The maximum atomic E-state index is 10.7. The number of ether oxygens (including phenoxy) is 1. The van der Waals surface area contributed by atoms with Crippen LogP contribution in [0.3, 0.4) is 0 Å². The van der Waals surface area contributed by atoms with E-state index in [1.54, 1.807) is 6.07 Å². The van der Waals surface area contributed by atoms with Crippen molar-refractivity contribution >= 4 is 17.1 Å². The molecule has 0 aliphatic carbocycles. The molecular weight excluding hydrogens is 196 g/mol. The molecule has 0 spiro atoms. The number of fused-ring (bicyclic) bond motifs is 1. The quantitative estimate of drug-likeness (QED) is 0.657. The van der Waals surface area contributed by atoms with E-state index in [0.29, 0.717) is 11.1 Å². The highest BCUT2D eigenvalue weighted by atomic mass is 16.5. The number of hydrogen-bond donors (Lipinski definition) is 0. The zero-order valence-corrected chi connectivity index (χ0v) is 7.85. The molecule has 2 rings (SSSR count). The van der Waals surface area contributed by atoms with Gasteiger partial charge >= 0.3 is 5.97 Å². The Morgan fingerprint density at radius 3 is 3.07 bits per heavy atom. The standard InChI is InChI=1S/C10H6N2O3/c1-6(13)14-10-3-2-9-8(12-10)4-7(5-11)15-9/h2-4H,1H3. The molecule has 0 aromatic carbocycles. The van der Waals surface area contributed by atoms with Gasteiger partial charge in [-0.15, -0.1) is 0 Å². The smallest absolute Gasteiger partial charge is 0.309 e. The Morgan fingerprint density at radius 1 is 1.60 bits per heavy atom. The lowest BCUT2D eigenvalue weighted by molar-refractivity contribution is -0.132. The fraction of sp³-hybridized carbons (Fsp3) is 0.100. The van der Waals surface area contributed by atoms with E-state index in [-0.39, 0.29) is 11.6 Å². The first-order valence-corrected chi connectivity index (χ1v) is 4.18. The Morgan fingerprint density at radius 2 is 2.40 bits per heavy atom. The lowest BCUT2D eigenvalue weighted by atomic mass is 10.4. The first-order valence-electron chi connectivity index (χ1n) is 4.18. The number of furan rings is 1. The number of nitrogens with zero attached hydrogens (tertiary/aromatic N) is 2. The van der Waals surface area contributed by atoms with E-state index in [4.69, 9.17) is 14.4 Å². The molecule has 0 aliphatic rings.